The minimum absolute atomic E-state index is 0.149. The van der Waals surface area contributed by atoms with E-state index in [1.807, 2.05) is 6.92 Å². The molecule has 0 fully saturated rings. The van der Waals surface area contributed by atoms with Crippen molar-refractivity contribution >= 4 is 33.1 Å². The Balaban J connectivity index is 2.27. The van der Waals surface area contributed by atoms with E-state index in [1.165, 1.54) is 0 Å². The predicted octanol–water partition coefficient (Wildman–Crippen LogP) is 1.54. The molecule has 2 heterocycles. The number of aryl methyl sites for hydroxylation is 1. The van der Waals surface area contributed by atoms with Crippen LogP contribution in [0, 0.1) is 6.92 Å². The second-order valence-corrected chi connectivity index (χ2v) is 5.35. The van der Waals surface area contributed by atoms with Crippen LogP contribution in [0.1, 0.15) is 15.2 Å². The maximum atomic E-state index is 12.9. The monoisotopic (exact) mass is 301 g/mol. The molecule has 2 rings (SSSR count). The Labute approximate surface area is 117 Å². The zero-order valence-electron chi connectivity index (χ0n) is 10.6. The van der Waals surface area contributed by atoms with Crippen LogP contribution in [0.3, 0.4) is 0 Å². The number of fused-ring (bicyclic) bond motifs is 1. The normalized spacial score (nSPS) is 11.8. The third kappa shape index (κ3) is 2.70. The van der Waals surface area contributed by atoms with Crippen molar-refractivity contribution < 1.29 is 18.7 Å². The van der Waals surface area contributed by atoms with Gasteiger partial charge in [-0.25, -0.2) is 13.8 Å². The summed E-state index contributed by atoms with van der Waals surface area (Å²) in [7, 11) is 0. The highest BCUT2D eigenvalue weighted by Gasteiger charge is 2.29. The molecule has 0 spiro atoms. The van der Waals surface area contributed by atoms with Gasteiger partial charge in [-0.3, -0.25) is 4.79 Å². The van der Waals surface area contributed by atoms with Crippen LogP contribution in [0.4, 0.5) is 14.5 Å². The first kappa shape index (κ1) is 14.6. The summed E-state index contributed by atoms with van der Waals surface area (Å²) in [5.41, 5.74) is 6.99. The molecule has 0 saturated carbocycles. The molecule has 20 heavy (non-hydrogen) atoms. The van der Waals surface area contributed by atoms with Gasteiger partial charge >= 0.3 is 0 Å². The molecule has 0 aliphatic heterocycles. The lowest BCUT2D eigenvalue weighted by atomic mass is 10.2. The molecule has 2 aromatic rings. The van der Waals surface area contributed by atoms with E-state index >= 15 is 0 Å². The van der Waals surface area contributed by atoms with Crippen LogP contribution < -0.4 is 11.1 Å². The van der Waals surface area contributed by atoms with E-state index in [9.17, 15) is 13.6 Å². The minimum Gasteiger partial charge on any atom is -0.397 e. The zero-order valence-corrected chi connectivity index (χ0v) is 11.4. The first-order valence-corrected chi connectivity index (χ1v) is 6.58. The van der Waals surface area contributed by atoms with E-state index in [4.69, 9.17) is 10.8 Å². The zero-order chi connectivity index (χ0) is 14.9. The van der Waals surface area contributed by atoms with Gasteiger partial charge in [0, 0.05) is 11.6 Å². The molecule has 0 radical (unpaired) electrons. The van der Waals surface area contributed by atoms with Crippen molar-refractivity contribution in [2.24, 2.45) is 0 Å². The Bertz CT molecular complexity index is 657. The lowest BCUT2D eigenvalue weighted by Gasteiger charge is -2.13. The third-order valence-corrected chi connectivity index (χ3v) is 3.89. The van der Waals surface area contributed by atoms with Crippen LogP contribution in [0.5, 0.6) is 0 Å². The summed E-state index contributed by atoms with van der Waals surface area (Å²) in [4.78, 5) is 16.7. The van der Waals surface area contributed by atoms with Gasteiger partial charge in [0.2, 0.25) is 0 Å². The molecule has 2 aromatic heterocycles. The lowest BCUT2D eigenvalue weighted by Crippen LogP contribution is -2.38. The van der Waals surface area contributed by atoms with Gasteiger partial charge in [-0.05, 0) is 18.6 Å². The van der Waals surface area contributed by atoms with Crippen molar-refractivity contribution in [2.45, 2.75) is 12.8 Å². The fourth-order valence-corrected chi connectivity index (χ4v) is 2.77. The smallest absolute Gasteiger partial charge is 0.287 e. The van der Waals surface area contributed by atoms with Gasteiger partial charge < -0.3 is 16.2 Å². The number of rotatable bonds is 4. The summed E-state index contributed by atoms with van der Waals surface area (Å²) in [6.45, 7) is -0.438. The molecule has 1 amide bonds. The van der Waals surface area contributed by atoms with Crippen molar-refractivity contribution in [3.05, 3.63) is 22.7 Å². The second-order valence-electron chi connectivity index (χ2n) is 4.35. The van der Waals surface area contributed by atoms with E-state index in [2.05, 4.69) is 10.3 Å². The highest BCUT2D eigenvalue weighted by atomic mass is 32.1. The SMILES string of the molecule is Cc1ccnc2sc(C(=O)NCC(F)(F)CO)c(N)c12. The fourth-order valence-electron chi connectivity index (χ4n) is 1.72. The van der Waals surface area contributed by atoms with Gasteiger partial charge in [-0.2, -0.15) is 0 Å². The number of nitrogen functional groups attached to an aromatic ring is 1. The quantitative estimate of drug-likeness (QED) is 0.799. The van der Waals surface area contributed by atoms with Crippen molar-refractivity contribution in [1.29, 1.82) is 0 Å². The van der Waals surface area contributed by atoms with Crippen molar-refractivity contribution in [2.75, 3.05) is 18.9 Å². The Kier molecular flexibility index (Phi) is 3.87. The first-order valence-electron chi connectivity index (χ1n) is 5.76. The number of nitrogens with two attached hydrogens (primary N) is 1. The molecule has 0 aliphatic carbocycles. The molecular formula is C12H13F2N3O2S. The Morgan fingerprint density at radius 2 is 2.30 bits per heavy atom. The number of pyridine rings is 1. The van der Waals surface area contributed by atoms with Gasteiger partial charge in [0.05, 0.1) is 12.2 Å². The molecule has 0 saturated heterocycles. The van der Waals surface area contributed by atoms with Crippen LogP contribution in [-0.4, -0.2) is 35.1 Å². The summed E-state index contributed by atoms with van der Waals surface area (Å²) >= 11 is 1.05. The van der Waals surface area contributed by atoms with E-state index in [1.54, 1.807) is 12.3 Å². The van der Waals surface area contributed by atoms with Gasteiger partial charge in [0.15, 0.2) is 0 Å². The van der Waals surface area contributed by atoms with E-state index in [0.717, 1.165) is 16.9 Å². The number of alkyl halides is 2. The maximum absolute atomic E-state index is 12.9. The van der Waals surface area contributed by atoms with Crippen molar-refractivity contribution in [3.63, 3.8) is 0 Å². The van der Waals surface area contributed by atoms with Crippen LogP contribution in [0.25, 0.3) is 10.2 Å². The largest absolute Gasteiger partial charge is 0.397 e. The molecule has 4 N–H and O–H groups in total. The van der Waals surface area contributed by atoms with Crippen LogP contribution in [0.15, 0.2) is 12.3 Å². The highest BCUT2D eigenvalue weighted by Crippen LogP contribution is 2.34. The average Bonchev–Trinajstić information content (AvgIpc) is 2.75. The number of hydrogen-bond donors (Lipinski definition) is 3. The summed E-state index contributed by atoms with van der Waals surface area (Å²) in [5.74, 6) is -4.05. The maximum Gasteiger partial charge on any atom is 0.287 e. The van der Waals surface area contributed by atoms with Crippen LogP contribution in [0.2, 0.25) is 0 Å². The van der Waals surface area contributed by atoms with Crippen LogP contribution in [-0.2, 0) is 0 Å². The van der Waals surface area contributed by atoms with Gasteiger partial charge in [0.1, 0.15) is 16.3 Å². The number of halogens is 2. The summed E-state index contributed by atoms with van der Waals surface area (Å²) in [6.07, 6.45) is 1.59. The van der Waals surface area contributed by atoms with Gasteiger partial charge in [-0.15, -0.1) is 11.3 Å². The van der Waals surface area contributed by atoms with Crippen molar-refractivity contribution in [3.8, 4) is 0 Å². The summed E-state index contributed by atoms with van der Waals surface area (Å²) < 4.78 is 25.8. The van der Waals surface area contributed by atoms with Crippen LogP contribution >= 0.6 is 11.3 Å². The number of aromatic nitrogens is 1. The van der Waals surface area contributed by atoms with Gasteiger partial charge in [0.25, 0.3) is 11.8 Å². The lowest BCUT2D eigenvalue weighted by molar-refractivity contribution is -0.0461. The number of aliphatic hydroxyl groups excluding tert-OH is 1. The second kappa shape index (κ2) is 5.29. The molecule has 0 bridgehead atoms. The molecule has 108 valence electrons. The van der Waals surface area contributed by atoms with Crippen molar-refractivity contribution in [1.82, 2.24) is 10.3 Å². The third-order valence-electron chi connectivity index (χ3n) is 2.78. The number of nitrogens with zero attached hydrogens (tertiary/aromatic N) is 1. The molecule has 0 atom stereocenters. The molecule has 5 nitrogen and oxygen atoms in total. The number of hydrogen-bond acceptors (Lipinski definition) is 5. The van der Waals surface area contributed by atoms with E-state index in [0.29, 0.717) is 10.2 Å². The number of carbonyl (C=O) groups is 1. The Morgan fingerprint density at radius 1 is 1.60 bits per heavy atom. The number of nitrogens with one attached hydrogen (secondary N) is 1. The molecule has 0 unspecified atom stereocenters. The summed E-state index contributed by atoms with van der Waals surface area (Å²) in [5, 5.41) is 11.2. The molecule has 0 aromatic carbocycles. The molecule has 0 aliphatic rings. The number of carbonyl (C=O) groups excluding carboxylic acids is 1. The molecule has 8 heteroatoms. The number of aliphatic hydroxyl groups is 1. The first-order chi connectivity index (χ1) is 9.35. The summed E-state index contributed by atoms with van der Waals surface area (Å²) in [6, 6.07) is 1.76. The predicted molar refractivity (Wildman–Crippen MR) is 73.1 cm³/mol. The average molecular weight is 301 g/mol. The topological polar surface area (TPSA) is 88.2 Å². The minimum atomic E-state index is -3.35. The molecular weight excluding hydrogens is 288 g/mol. The fraction of sp³-hybridized carbons (Fsp3) is 0.333. The number of thiophene rings is 1. The number of amides is 1. The number of anilines is 1. The highest BCUT2D eigenvalue weighted by molar-refractivity contribution is 7.21. The van der Waals surface area contributed by atoms with E-state index in [-0.39, 0.29) is 10.6 Å². The standard InChI is InChI=1S/C12H13F2N3O2S/c1-6-2-3-16-11-7(6)8(15)9(20-11)10(19)17-4-12(13,14)5-18/h2-3,18H,4-5,15H2,1H3,(H,17,19). The van der Waals surface area contributed by atoms with Gasteiger partial charge in [-0.1, -0.05) is 0 Å². The van der Waals surface area contributed by atoms with E-state index < -0.39 is 25.0 Å². The Morgan fingerprint density at radius 3 is 2.90 bits per heavy atom. The Hall–Kier alpha value is -1.80.